The van der Waals surface area contributed by atoms with Gasteiger partial charge in [0.25, 0.3) is 5.91 Å². The first-order valence-electron chi connectivity index (χ1n) is 10.1. The van der Waals surface area contributed by atoms with Gasteiger partial charge in [-0.15, -0.1) is 0 Å². The number of amides is 1. The Morgan fingerprint density at radius 3 is 2.42 bits per heavy atom. The number of methoxy groups -OCH3 is 1. The Morgan fingerprint density at radius 2 is 1.74 bits per heavy atom. The van der Waals surface area contributed by atoms with Gasteiger partial charge in [0, 0.05) is 17.8 Å². The average molecular weight is 421 g/mol. The van der Waals surface area contributed by atoms with Crippen molar-refractivity contribution in [2.24, 2.45) is 0 Å². The lowest BCUT2D eigenvalue weighted by atomic mass is 10.1. The molecule has 2 aromatic carbocycles. The number of ether oxygens (including phenoxy) is 2. The van der Waals surface area contributed by atoms with Crippen LogP contribution in [0.4, 0.5) is 0 Å². The number of rotatable bonds is 9. The molecule has 1 N–H and O–H groups in total. The van der Waals surface area contributed by atoms with E-state index in [1.165, 1.54) is 0 Å². The number of para-hydroxylation sites is 1. The van der Waals surface area contributed by atoms with Crippen LogP contribution < -0.4 is 10.1 Å². The number of hydrogen-bond acceptors (Lipinski definition) is 5. The molecule has 7 nitrogen and oxygen atoms in total. The molecule has 0 atom stereocenters. The first-order valence-corrected chi connectivity index (χ1v) is 10.1. The minimum Gasteiger partial charge on any atom is -0.497 e. The maximum Gasteiger partial charge on any atom is 0.310 e. The summed E-state index contributed by atoms with van der Waals surface area (Å²) in [5.74, 6) is 0.0129. The summed E-state index contributed by atoms with van der Waals surface area (Å²) in [6.07, 6.45) is 0.754. The summed E-state index contributed by atoms with van der Waals surface area (Å²) in [7, 11) is 1.62. The lowest BCUT2D eigenvalue weighted by Crippen LogP contribution is -2.30. The van der Waals surface area contributed by atoms with Gasteiger partial charge >= 0.3 is 5.97 Å². The standard InChI is InChI=1S/C24H27N3O4/c1-17-22(18(2)27(26-17)20-7-5-4-6-8-20)15-24(29)31-16-23(28)25-14-13-19-9-11-21(30-3)12-10-19/h4-12H,13-16H2,1-3H3,(H,25,28). The Balaban J connectivity index is 1.45. The molecule has 1 amide bonds. The van der Waals surface area contributed by atoms with Crippen molar-refractivity contribution in [3.8, 4) is 11.4 Å². The van der Waals surface area contributed by atoms with Crippen LogP contribution in [0.15, 0.2) is 54.6 Å². The highest BCUT2D eigenvalue weighted by Crippen LogP contribution is 2.18. The second kappa shape index (κ2) is 10.4. The van der Waals surface area contributed by atoms with Crippen molar-refractivity contribution in [1.82, 2.24) is 15.1 Å². The second-order valence-corrected chi connectivity index (χ2v) is 7.18. The van der Waals surface area contributed by atoms with Crippen molar-refractivity contribution in [3.63, 3.8) is 0 Å². The van der Waals surface area contributed by atoms with E-state index in [2.05, 4.69) is 10.4 Å². The van der Waals surface area contributed by atoms with Gasteiger partial charge in [0.05, 0.1) is 24.9 Å². The molecule has 0 spiro atoms. The number of nitrogens with zero attached hydrogens (tertiary/aromatic N) is 2. The van der Waals surface area contributed by atoms with Crippen LogP contribution in [0, 0.1) is 13.8 Å². The Morgan fingerprint density at radius 1 is 1.03 bits per heavy atom. The Labute approximate surface area is 182 Å². The van der Waals surface area contributed by atoms with Gasteiger partial charge in [0.1, 0.15) is 5.75 Å². The first-order chi connectivity index (χ1) is 15.0. The number of aromatic nitrogens is 2. The number of aryl methyl sites for hydroxylation is 1. The molecule has 162 valence electrons. The number of esters is 1. The molecule has 1 heterocycles. The third-order valence-electron chi connectivity index (χ3n) is 5.02. The smallest absolute Gasteiger partial charge is 0.310 e. The highest BCUT2D eigenvalue weighted by atomic mass is 16.5. The first kappa shape index (κ1) is 22.1. The van der Waals surface area contributed by atoms with Gasteiger partial charge in [-0.1, -0.05) is 30.3 Å². The van der Waals surface area contributed by atoms with E-state index in [0.29, 0.717) is 13.0 Å². The normalized spacial score (nSPS) is 10.5. The van der Waals surface area contributed by atoms with Gasteiger partial charge < -0.3 is 14.8 Å². The lowest BCUT2D eigenvalue weighted by Gasteiger charge is -2.08. The summed E-state index contributed by atoms with van der Waals surface area (Å²) >= 11 is 0. The highest BCUT2D eigenvalue weighted by Gasteiger charge is 2.17. The fourth-order valence-electron chi connectivity index (χ4n) is 3.28. The van der Waals surface area contributed by atoms with Crippen molar-refractivity contribution in [2.75, 3.05) is 20.3 Å². The zero-order valence-corrected chi connectivity index (χ0v) is 18.1. The summed E-state index contributed by atoms with van der Waals surface area (Å²) < 4.78 is 12.1. The van der Waals surface area contributed by atoms with E-state index in [4.69, 9.17) is 9.47 Å². The molecule has 0 saturated heterocycles. The Kier molecular flexibility index (Phi) is 7.43. The number of carbonyl (C=O) groups excluding carboxylic acids is 2. The highest BCUT2D eigenvalue weighted by molar-refractivity contribution is 5.81. The van der Waals surface area contributed by atoms with Crippen molar-refractivity contribution >= 4 is 11.9 Å². The van der Waals surface area contributed by atoms with E-state index in [9.17, 15) is 9.59 Å². The molecule has 0 aliphatic heterocycles. The van der Waals surface area contributed by atoms with E-state index >= 15 is 0 Å². The zero-order valence-electron chi connectivity index (χ0n) is 18.1. The van der Waals surface area contributed by atoms with Gasteiger partial charge in [-0.2, -0.15) is 5.10 Å². The molecule has 0 saturated carbocycles. The van der Waals surface area contributed by atoms with Crippen LogP contribution in [-0.2, 0) is 27.2 Å². The van der Waals surface area contributed by atoms with Gasteiger partial charge in [0.2, 0.25) is 0 Å². The van der Waals surface area contributed by atoms with Crippen LogP contribution in [-0.4, -0.2) is 41.9 Å². The van der Waals surface area contributed by atoms with Gasteiger partial charge in [-0.25, -0.2) is 4.68 Å². The molecular weight excluding hydrogens is 394 g/mol. The van der Waals surface area contributed by atoms with Crippen molar-refractivity contribution in [1.29, 1.82) is 0 Å². The molecule has 3 rings (SSSR count). The topological polar surface area (TPSA) is 82.4 Å². The molecule has 0 aliphatic rings. The Bertz CT molecular complexity index is 1030. The Hall–Kier alpha value is -3.61. The summed E-state index contributed by atoms with van der Waals surface area (Å²) in [6.45, 7) is 3.94. The van der Waals surface area contributed by atoms with E-state index in [1.807, 2.05) is 73.1 Å². The third-order valence-corrected chi connectivity index (χ3v) is 5.02. The van der Waals surface area contributed by atoms with Crippen molar-refractivity contribution in [3.05, 3.63) is 77.1 Å². The van der Waals surface area contributed by atoms with E-state index < -0.39 is 5.97 Å². The minimum absolute atomic E-state index is 0.0730. The SMILES string of the molecule is COc1ccc(CCNC(=O)COC(=O)Cc2c(C)nn(-c3ccccc3)c2C)cc1. The van der Waals surface area contributed by atoms with Crippen LogP contribution in [0.1, 0.15) is 22.5 Å². The summed E-state index contributed by atoms with van der Waals surface area (Å²) in [6, 6.07) is 17.4. The fraction of sp³-hybridized carbons (Fsp3) is 0.292. The maximum absolute atomic E-state index is 12.3. The van der Waals surface area contributed by atoms with Crippen LogP contribution >= 0.6 is 0 Å². The molecule has 0 fully saturated rings. The zero-order chi connectivity index (χ0) is 22.2. The predicted octanol–water partition coefficient (Wildman–Crippen LogP) is 2.94. The van der Waals surface area contributed by atoms with Gasteiger partial charge in [-0.3, -0.25) is 9.59 Å². The third kappa shape index (κ3) is 5.94. The number of benzene rings is 2. The van der Waals surface area contributed by atoms with E-state index in [1.54, 1.807) is 7.11 Å². The molecule has 7 heteroatoms. The van der Waals surface area contributed by atoms with Crippen molar-refractivity contribution in [2.45, 2.75) is 26.7 Å². The number of hydrogen-bond donors (Lipinski definition) is 1. The largest absolute Gasteiger partial charge is 0.497 e. The van der Waals surface area contributed by atoms with Crippen LogP contribution in [0.2, 0.25) is 0 Å². The molecule has 0 radical (unpaired) electrons. The number of nitrogens with one attached hydrogen (secondary N) is 1. The molecule has 3 aromatic rings. The maximum atomic E-state index is 12.3. The molecule has 0 bridgehead atoms. The molecule has 0 unspecified atom stereocenters. The summed E-state index contributed by atoms with van der Waals surface area (Å²) in [5.41, 5.74) is 4.47. The lowest BCUT2D eigenvalue weighted by molar-refractivity contribution is -0.147. The van der Waals surface area contributed by atoms with Gasteiger partial charge in [-0.05, 0) is 50.1 Å². The summed E-state index contributed by atoms with van der Waals surface area (Å²) in [4.78, 5) is 24.3. The molecule has 1 aromatic heterocycles. The van der Waals surface area contributed by atoms with Gasteiger partial charge in [0.15, 0.2) is 6.61 Å². The van der Waals surface area contributed by atoms with Crippen molar-refractivity contribution < 1.29 is 19.1 Å². The van der Waals surface area contributed by atoms with E-state index in [0.717, 1.165) is 34.0 Å². The quantitative estimate of drug-likeness (QED) is 0.537. The van der Waals surface area contributed by atoms with E-state index in [-0.39, 0.29) is 18.9 Å². The molecule has 31 heavy (non-hydrogen) atoms. The van der Waals surface area contributed by atoms with Crippen LogP contribution in [0.5, 0.6) is 5.75 Å². The average Bonchev–Trinajstić information content (AvgIpc) is 3.07. The fourth-order valence-corrected chi connectivity index (χ4v) is 3.28. The molecule has 0 aliphatic carbocycles. The van der Waals surface area contributed by atoms with Crippen LogP contribution in [0.25, 0.3) is 5.69 Å². The predicted molar refractivity (Wildman–Crippen MR) is 117 cm³/mol. The number of carbonyl (C=O) groups is 2. The van der Waals surface area contributed by atoms with Crippen LogP contribution in [0.3, 0.4) is 0 Å². The minimum atomic E-state index is -0.455. The molecular formula is C24H27N3O4. The monoisotopic (exact) mass is 421 g/mol. The summed E-state index contributed by atoms with van der Waals surface area (Å²) in [5, 5.41) is 7.29. The second-order valence-electron chi connectivity index (χ2n) is 7.18.